The van der Waals surface area contributed by atoms with E-state index in [9.17, 15) is 0 Å². The Bertz CT molecular complexity index is 657. The molecule has 5 nitrogen and oxygen atoms in total. The lowest BCUT2D eigenvalue weighted by Crippen LogP contribution is -2.51. The summed E-state index contributed by atoms with van der Waals surface area (Å²) in [6.07, 6.45) is 6.07. The quantitative estimate of drug-likeness (QED) is 0.802. The van der Waals surface area contributed by atoms with Gasteiger partial charge >= 0.3 is 0 Å². The van der Waals surface area contributed by atoms with Crippen LogP contribution in [0.2, 0.25) is 0 Å². The molecule has 4 heterocycles. The second-order valence-electron chi connectivity index (χ2n) is 6.95. The van der Waals surface area contributed by atoms with Crippen molar-refractivity contribution in [2.45, 2.75) is 39.0 Å². The molecule has 0 amide bonds. The van der Waals surface area contributed by atoms with Crippen LogP contribution in [-0.2, 0) is 22.6 Å². The molecule has 0 aliphatic carbocycles. The van der Waals surface area contributed by atoms with Gasteiger partial charge in [-0.2, -0.15) is 0 Å². The maximum atomic E-state index is 6.08. The largest absolute Gasteiger partial charge is 0.472 e. The first-order chi connectivity index (χ1) is 11.7. The van der Waals surface area contributed by atoms with Crippen molar-refractivity contribution in [1.29, 1.82) is 0 Å². The van der Waals surface area contributed by atoms with E-state index in [1.54, 1.807) is 17.6 Å². The van der Waals surface area contributed by atoms with Gasteiger partial charge in [0.25, 0.3) is 0 Å². The third kappa shape index (κ3) is 3.42. The van der Waals surface area contributed by atoms with E-state index >= 15 is 0 Å². The highest BCUT2D eigenvalue weighted by Crippen LogP contribution is 2.41. The number of fused-ring (bicyclic) bond motifs is 1. The molecule has 0 bridgehead atoms. The van der Waals surface area contributed by atoms with E-state index in [1.165, 1.54) is 5.56 Å². The van der Waals surface area contributed by atoms with Gasteiger partial charge in [0.05, 0.1) is 42.5 Å². The molecule has 2 aliphatic rings. The first-order valence-corrected chi connectivity index (χ1v) is 9.45. The number of hydrogen-bond donors (Lipinski definition) is 0. The van der Waals surface area contributed by atoms with Crippen LogP contribution in [0.5, 0.6) is 0 Å². The number of furan rings is 1. The molecule has 2 fully saturated rings. The van der Waals surface area contributed by atoms with Crippen molar-refractivity contribution in [3.63, 3.8) is 0 Å². The van der Waals surface area contributed by atoms with Crippen LogP contribution in [0.4, 0.5) is 0 Å². The first-order valence-electron chi connectivity index (χ1n) is 8.57. The minimum Gasteiger partial charge on any atom is -0.472 e. The maximum Gasteiger partial charge on any atom is 0.0947 e. The number of piperidine rings is 1. The Kier molecular flexibility index (Phi) is 4.72. The lowest BCUT2D eigenvalue weighted by Gasteiger charge is -2.43. The van der Waals surface area contributed by atoms with E-state index in [4.69, 9.17) is 13.9 Å². The molecule has 0 N–H and O–H groups in total. The van der Waals surface area contributed by atoms with Crippen LogP contribution in [0.15, 0.2) is 28.4 Å². The van der Waals surface area contributed by atoms with Crippen molar-refractivity contribution in [2.24, 2.45) is 5.41 Å². The van der Waals surface area contributed by atoms with Gasteiger partial charge in [0.2, 0.25) is 0 Å². The van der Waals surface area contributed by atoms with Crippen LogP contribution in [0.25, 0.3) is 0 Å². The van der Waals surface area contributed by atoms with Crippen LogP contribution in [-0.4, -0.2) is 42.3 Å². The second-order valence-corrected chi connectivity index (χ2v) is 8.02. The normalized spacial score (nSPS) is 27.5. The molecule has 0 aromatic carbocycles. The highest BCUT2D eigenvalue weighted by molar-refractivity contribution is 7.09. The van der Waals surface area contributed by atoms with Gasteiger partial charge in [0.15, 0.2) is 0 Å². The Morgan fingerprint density at radius 2 is 2.46 bits per heavy atom. The summed E-state index contributed by atoms with van der Waals surface area (Å²) in [5, 5.41) is 3.18. The molecule has 4 rings (SSSR count). The molecule has 2 saturated heterocycles. The van der Waals surface area contributed by atoms with E-state index in [1.807, 2.05) is 19.3 Å². The minimum atomic E-state index is 0.118. The Balaban J connectivity index is 1.38. The van der Waals surface area contributed by atoms with Gasteiger partial charge in [-0.05, 0) is 25.8 Å². The maximum absolute atomic E-state index is 6.08. The zero-order valence-electron chi connectivity index (χ0n) is 14.1. The number of rotatable bonds is 6. The fourth-order valence-corrected chi connectivity index (χ4v) is 4.55. The van der Waals surface area contributed by atoms with Gasteiger partial charge in [0, 0.05) is 42.6 Å². The van der Waals surface area contributed by atoms with Crippen LogP contribution in [0.1, 0.15) is 29.1 Å². The highest BCUT2D eigenvalue weighted by Gasteiger charge is 2.48. The van der Waals surface area contributed by atoms with Crippen molar-refractivity contribution < 1.29 is 13.9 Å². The molecule has 2 aliphatic heterocycles. The van der Waals surface area contributed by atoms with Crippen molar-refractivity contribution in [3.05, 3.63) is 40.2 Å². The Morgan fingerprint density at radius 3 is 3.25 bits per heavy atom. The van der Waals surface area contributed by atoms with Gasteiger partial charge in [-0.25, -0.2) is 4.98 Å². The SMILES string of the molecule is Cc1nc(COC[C@@]23CCO[C@@H]2CCN(Cc2ccoc2)C3)cs1. The monoisotopic (exact) mass is 348 g/mol. The predicted molar refractivity (Wildman–Crippen MR) is 91.9 cm³/mol. The van der Waals surface area contributed by atoms with Gasteiger partial charge in [-0.1, -0.05) is 0 Å². The third-order valence-corrected chi connectivity index (χ3v) is 5.96. The molecule has 0 saturated carbocycles. The number of likely N-dealkylation sites (tertiary alicyclic amines) is 1. The topological polar surface area (TPSA) is 47.7 Å². The molecular weight excluding hydrogens is 324 g/mol. The predicted octanol–water partition coefficient (Wildman–Crippen LogP) is 3.24. The summed E-state index contributed by atoms with van der Waals surface area (Å²) in [5.41, 5.74) is 2.39. The van der Waals surface area contributed by atoms with Crippen molar-refractivity contribution >= 4 is 11.3 Å². The Labute approximate surface area is 146 Å². The smallest absolute Gasteiger partial charge is 0.0947 e. The summed E-state index contributed by atoms with van der Waals surface area (Å²) in [6.45, 7) is 7.26. The van der Waals surface area contributed by atoms with Crippen LogP contribution < -0.4 is 0 Å². The van der Waals surface area contributed by atoms with Crippen LogP contribution in [0, 0.1) is 12.3 Å². The standard InChI is InChI=1S/C18H24N2O3S/c1-14-19-16(11-24-14)10-22-13-18-4-7-23-17(18)2-5-20(12-18)8-15-3-6-21-9-15/h3,6,9,11,17H,2,4-5,7-8,10,12-13H2,1H3/t17-,18+/m1/s1. The molecule has 24 heavy (non-hydrogen) atoms. The summed E-state index contributed by atoms with van der Waals surface area (Å²) in [4.78, 5) is 6.99. The van der Waals surface area contributed by atoms with Gasteiger partial charge in [-0.3, -0.25) is 4.90 Å². The fraction of sp³-hybridized carbons (Fsp3) is 0.611. The molecular formula is C18H24N2O3S. The summed E-state index contributed by atoms with van der Waals surface area (Å²) >= 11 is 1.68. The van der Waals surface area contributed by atoms with Gasteiger partial charge in [-0.15, -0.1) is 11.3 Å². The summed E-state index contributed by atoms with van der Waals surface area (Å²) in [6, 6.07) is 2.05. The van der Waals surface area contributed by atoms with Gasteiger partial charge < -0.3 is 13.9 Å². The van der Waals surface area contributed by atoms with Crippen molar-refractivity contribution in [2.75, 3.05) is 26.3 Å². The zero-order valence-corrected chi connectivity index (χ0v) is 14.9. The number of thiazole rings is 1. The Hall–Kier alpha value is -1.21. The summed E-state index contributed by atoms with van der Waals surface area (Å²) in [7, 11) is 0. The number of ether oxygens (including phenoxy) is 2. The number of hydrogen-bond acceptors (Lipinski definition) is 6. The second kappa shape index (κ2) is 6.96. The van der Waals surface area contributed by atoms with E-state index in [-0.39, 0.29) is 5.41 Å². The van der Waals surface area contributed by atoms with Crippen LogP contribution >= 0.6 is 11.3 Å². The minimum absolute atomic E-state index is 0.118. The van der Waals surface area contributed by atoms with E-state index in [0.29, 0.717) is 12.7 Å². The lowest BCUT2D eigenvalue weighted by atomic mass is 9.77. The Morgan fingerprint density at radius 1 is 1.50 bits per heavy atom. The summed E-state index contributed by atoms with van der Waals surface area (Å²) in [5.74, 6) is 0. The molecule has 6 heteroatoms. The molecule has 2 atom stereocenters. The molecule has 0 spiro atoms. The molecule has 2 aromatic heterocycles. The van der Waals surface area contributed by atoms with Crippen LogP contribution in [0.3, 0.4) is 0 Å². The highest BCUT2D eigenvalue weighted by atomic mass is 32.1. The lowest BCUT2D eigenvalue weighted by molar-refractivity contribution is -0.0689. The molecule has 2 aromatic rings. The molecule has 0 unspecified atom stereocenters. The third-order valence-electron chi connectivity index (χ3n) is 5.14. The van der Waals surface area contributed by atoms with E-state index < -0.39 is 0 Å². The average Bonchev–Trinajstić information content (AvgIpc) is 3.29. The number of aromatic nitrogens is 1. The molecule has 130 valence electrons. The number of aryl methyl sites for hydroxylation is 1. The average molecular weight is 348 g/mol. The van der Waals surface area contributed by atoms with E-state index in [0.717, 1.165) is 56.4 Å². The summed E-state index contributed by atoms with van der Waals surface area (Å²) < 4.78 is 17.3. The first kappa shape index (κ1) is 16.3. The zero-order chi connectivity index (χ0) is 16.4. The van der Waals surface area contributed by atoms with E-state index in [2.05, 4.69) is 15.3 Å². The fourth-order valence-electron chi connectivity index (χ4n) is 3.96. The van der Waals surface area contributed by atoms with Crippen molar-refractivity contribution in [1.82, 2.24) is 9.88 Å². The number of nitrogens with zero attached hydrogens (tertiary/aromatic N) is 2. The van der Waals surface area contributed by atoms with Gasteiger partial charge in [0.1, 0.15) is 0 Å². The van der Waals surface area contributed by atoms with Crippen molar-refractivity contribution in [3.8, 4) is 0 Å². The molecule has 0 radical (unpaired) electrons.